The topological polar surface area (TPSA) is 56.4 Å². The van der Waals surface area contributed by atoms with Crippen LogP contribution in [0.1, 0.15) is 56.1 Å². The Balaban J connectivity index is 1.95. The van der Waals surface area contributed by atoms with Crippen LogP contribution in [-0.4, -0.2) is 22.9 Å². The van der Waals surface area contributed by atoms with Crippen molar-refractivity contribution >= 4 is 5.78 Å². The highest BCUT2D eigenvalue weighted by molar-refractivity contribution is 6.00. The summed E-state index contributed by atoms with van der Waals surface area (Å²) in [7, 11) is 1.65. The molecule has 1 aromatic heterocycles. The fraction of sp³-hybridized carbons (Fsp3) is 0.579. The molecule has 0 unspecified atom stereocenters. The lowest BCUT2D eigenvalue weighted by molar-refractivity contribution is -0.121. The average Bonchev–Trinajstić information content (AvgIpc) is 3.42. The summed E-state index contributed by atoms with van der Waals surface area (Å²) in [4.78, 5) is 25.5. The second-order valence-electron chi connectivity index (χ2n) is 7.41. The predicted octanol–water partition coefficient (Wildman–Crippen LogP) is 3.20. The number of carbonyl (C=O) groups is 1. The highest BCUT2D eigenvalue weighted by atomic mass is 16.5. The smallest absolute Gasteiger partial charge is 0.226 e. The highest BCUT2D eigenvalue weighted by Crippen LogP contribution is 2.51. The number of Topliss-reactive ketones (excluding diaryl/α,β-unsaturated/α-hetero) is 1. The van der Waals surface area contributed by atoms with Crippen LogP contribution in [-0.2, 0) is 16.6 Å². The van der Waals surface area contributed by atoms with E-state index in [0.29, 0.717) is 11.8 Å². The molecule has 1 fully saturated rings. The summed E-state index contributed by atoms with van der Waals surface area (Å²) in [6.07, 6.45) is 5.82. The highest BCUT2D eigenvalue weighted by Gasteiger charge is 2.50. The largest absolute Gasteiger partial charge is 0.481 e. The molecule has 5 nitrogen and oxygen atoms in total. The minimum absolute atomic E-state index is 0.0284. The average molecular weight is 323 g/mol. The molecular formula is C19H21N3O2. The molecule has 0 saturated heterocycles. The van der Waals surface area contributed by atoms with Gasteiger partial charge in [-0.25, -0.2) is 9.83 Å². The van der Waals surface area contributed by atoms with Crippen LogP contribution in [0.15, 0.2) is 11.8 Å². The first-order chi connectivity index (χ1) is 11.5. The van der Waals surface area contributed by atoms with E-state index in [4.69, 9.17) is 16.3 Å². The number of methoxy groups -OCH3 is 1. The van der Waals surface area contributed by atoms with E-state index in [2.05, 4.69) is 16.8 Å². The molecule has 1 saturated carbocycles. The lowest BCUT2D eigenvalue weighted by Gasteiger charge is -2.45. The van der Waals surface area contributed by atoms with Gasteiger partial charge in [0, 0.05) is 22.8 Å². The van der Waals surface area contributed by atoms with Crippen LogP contribution < -0.4 is 4.74 Å². The number of aromatic nitrogens is 2. The normalized spacial score (nSPS) is 31.6. The third-order valence-electron chi connectivity index (χ3n) is 5.93. The van der Waals surface area contributed by atoms with Gasteiger partial charge in [-0.15, -0.1) is 0 Å². The van der Waals surface area contributed by atoms with Gasteiger partial charge in [0.25, 0.3) is 0 Å². The Kier molecular flexibility index (Phi) is 3.28. The van der Waals surface area contributed by atoms with Gasteiger partial charge in [-0.1, -0.05) is 19.9 Å². The van der Waals surface area contributed by atoms with Crippen molar-refractivity contribution < 1.29 is 9.53 Å². The van der Waals surface area contributed by atoms with E-state index < -0.39 is 5.41 Å². The van der Waals surface area contributed by atoms with Crippen LogP contribution in [0.3, 0.4) is 0 Å². The van der Waals surface area contributed by atoms with E-state index in [1.165, 1.54) is 0 Å². The first kappa shape index (κ1) is 15.3. The van der Waals surface area contributed by atoms with E-state index in [1.54, 1.807) is 7.11 Å². The molecule has 0 amide bonds. The monoisotopic (exact) mass is 323 g/mol. The summed E-state index contributed by atoms with van der Waals surface area (Å²) < 4.78 is 5.56. The maximum atomic E-state index is 12.4. The van der Waals surface area contributed by atoms with E-state index in [0.717, 1.165) is 42.8 Å². The van der Waals surface area contributed by atoms with Gasteiger partial charge in [0.1, 0.15) is 5.82 Å². The molecule has 1 aromatic rings. The molecule has 5 heteroatoms. The number of rotatable bonds is 2. The number of nitrogens with zero attached hydrogens (tertiary/aromatic N) is 3. The second-order valence-corrected chi connectivity index (χ2v) is 7.41. The molecular weight excluding hydrogens is 302 g/mol. The third-order valence-corrected chi connectivity index (χ3v) is 5.93. The lowest BCUT2D eigenvalue weighted by Crippen LogP contribution is -2.46. The summed E-state index contributed by atoms with van der Waals surface area (Å²) in [6, 6.07) is 0. The number of ketones is 1. The van der Waals surface area contributed by atoms with Crippen LogP contribution in [0.25, 0.3) is 4.85 Å². The fourth-order valence-electron chi connectivity index (χ4n) is 4.42. The number of hydrogen-bond donors (Lipinski definition) is 0. The molecule has 0 aromatic carbocycles. The maximum absolute atomic E-state index is 12.4. The van der Waals surface area contributed by atoms with Gasteiger partial charge in [-0.2, -0.15) is 4.98 Å². The molecule has 124 valence electrons. The van der Waals surface area contributed by atoms with Crippen molar-refractivity contribution in [3.8, 4) is 5.88 Å². The molecule has 0 radical (unpaired) electrons. The quantitative estimate of drug-likeness (QED) is 0.784. The fourth-order valence-corrected chi connectivity index (χ4v) is 4.42. The minimum atomic E-state index is -0.402. The van der Waals surface area contributed by atoms with Crippen molar-refractivity contribution in [3.05, 3.63) is 40.3 Å². The van der Waals surface area contributed by atoms with E-state index >= 15 is 0 Å². The lowest BCUT2D eigenvalue weighted by atomic mass is 9.58. The maximum Gasteiger partial charge on any atom is 0.226 e. The van der Waals surface area contributed by atoms with Gasteiger partial charge in [0.05, 0.1) is 19.4 Å². The minimum Gasteiger partial charge on any atom is -0.481 e. The Hall–Kier alpha value is -2.22. The number of hydrogen-bond acceptors (Lipinski definition) is 4. The van der Waals surface area contributed by atoms with Crippen molar-refractivity contribution in [1.29, 1.82) is 0 Å². The summed E-state index contributed by atoms with van der Waals surface area (Å²) in [5.74, 6) is 1.95. The SMILES string of the molecule is [C-]#[N+]C1=C[C@]2(C)c3nc(C4CC4)nc(OC)c3CC[C@H]2[C@H](C)C1=O. The Morgan fingerprint density at radius 3 is 2.71 bits per heavy atom. The molecule has 0 bridgehead atoms. The van der Waals surface area contributed by atoms with Crippen molar-refractivity contribution in [2.24, 2.45) is 11.8 Å². The van der Waals surface area contributed by atoms with Crippen molar-refractivity contribution in [2.45, 2.75) is 50.9 Å². The third kappa shape index (κ3) is 2.02. The van der Waals surface area contributed by atoms with Crippen LogP contribution in [0, 0.1) is 18.4 Å². The van der Waals surface area contributed by atoms with Crippen molar-refractivity contribution in [3.63, 3.8) is 0 Å². The number of fused-ring (bicyclic) bond motifs is 3. The Morgan fingerprint density at radius 2 is 2.08 bits per heavy atom. The predicted molar refractivity (Wildman–Crippen MR) is 88.6 cm³/mol. The first-order valence-electron chi connectivity index (χ1n) is 8.59. The summed E-state index contributed by atoms with van der Waals surface area (Å²) >= 11 is 0. The zero-order valence-corrected chi connectivity index (χ0v) is 14.3. The van der Waals surface area contributed by atoms with Gasteiger partial charge in [0.15, 0.2) is 5.78 Å². The van der Waals surface area contributed by atoms with E-state index in [9.17, 15) is 4.79 Å². The van der Waals surface area contributed by atoms with Gasteiger partial charge in [-0.05, 0) is 31.6 Å². The van der Waals surface area contributed by atoms with Gasteiger partial charge in [-0.3, -0.25) is 0 Å². The van der Waals surface area contributed by atoms with Gasteiger partial charge < -0.3 is 9.53 Å². The number of carbonyl (C=O) groups excluding carboxylic acids is 1. The van der Waals surface area contributed by atoms with Gasteiger partial charge in [0.2, 0.25) is 11.6 Å². The van der Waals surface area contributed by atoms with E-state index in [-0.39, 0.29) is 23.3 Å². The molecule has 3 aliphatic rings. The Morgan fingerprint density at radius 1 is 1.33 bits per heavy atom. The second kappa shape index (κ2) is 5.14. The molecule has 1 heterocycles. The number of allylic oxidation sites excluding steroid dienone is 2. The summed E-state index contributed by atoms with van der Waals surface area (Å²) in [6.45, 7) is 11.4. The van der Waals surface area contributed by atoms with Gasteiger partial charge >= 0.3 is 0 Å². The molecule has 3 aliphatic carbocycles. The van der Waals surface area contributed by atoms with Crippen molar-refractivity contribution in [1.82, 2.24) is 9.97 Å². The standard InChI is InChI=1S/C19H21N3O2/c1-10-13-8-7-12-16(19(13,2)9-14(20-3)15(10)23)21-17(11-5-6-11)22-18(12)24-4/h9-11,13H,5-8H2,1-2,4H3/t10-,13-,19-/m0/s1. The zero-order valence-electron chi connectivity index (χ0n) is 14.3. The van der Waals surface area contributed by atoms with Crippen molar-refractivity contribution in [2.75, 3.05) is 7.11 Å². The zero-order chi connectivity index (χ0) is 17.1. The molecule has 3 atom stereocenters. The Bertz CT molecular complexity index is 804. The van der Waals surface area contributed by atoms with Crippen LogP contribution in [0.5, 0.6) is 5.88 Å². The summed E-state index contributed by atoms with van der Waals surface area (Å²) in [5.41, 5.74) is 1.86. The van der Waals surface area contributed by atoms with Crippen LogP contribution >= 0.6 is 0 Å². The first-order valence-corrected chi connectivity index (χ1v) is 8.59. The molecule has 0 spiro atoms. The Labute approximate surface area is 142 Å². The van der Waals surface area contributed by atoms with Crippen LogP contribution in [0.2, 0.25) is 0 Å². The molecule has 0 N–H and O–H groups in total. The molecule has 24 heavy (non-hydrogen) atoms. The molecule has 4 rings (SSSR count). The molecule has 0 aliphatic heterocycles. The van der Waals surface area contributed by atoms with Crippen LogP contribution in [0.4, 0.5) is 0 Å². The van der Waals surface area contributed by atoms with E-state index in [1.807, 2.05) is 13.0 Å². The number of ether oxygens (including phenoxy) is 1. The summed E-state index contributed by atoms with van der Waals surface area (Å²) in [5, 5.41) is 0.